The van der Waals surface area contributed by atoms with Gasteiger partial charge >= 0.3 is 0 Å². The van der Waals surface area contributed by atoms with Crippen molar-refractivity contribution in [1.29, 1.82) is 0 Å². The van der Waals surface area contributed by atoms with Crippen LogP contribution in [-0.4, -0.2) is 8.42 Å². The van der Waals surface area contributed by atoms with E-state index in [-0.39, 0.29) is 5.75 Å². The van der Waals surface area contributed by atoms with E-state index in [9.17, 15) is 8.42 Å². The van der Waals surface area contributed by atoms with Crippen molar-refractivity contribution in [1.82, 2.24) is 0 Å². The van der Waals surface area contributed by atoms with Gasteiger partial charge in [0.1, 0.15) is 0 Å². The molecule has 0 aromatic heterocycles. The van der Waals surface area contributed by atoms with Crippen LogP contribution in [0.4, 0.5) is 0 Å². The lowest BCUT2D eigenvalue weighted by Crippen LogP contribution is -1.97. The molecule has 0 unspecified atom stereocenters. The van der Waals surface area contributed by atoms with Gasteiger partial charge in [0.05, 0.1) is 5.75 Å². The Morgan fingerprint density at radius 1 is 0.842 bits per heavy atom. The van der Waals surface area contributed by atoms with Crippen LogP contribution in [0.1, 0.15) is 5.56 Å². The second-order valence-corrected chi connectivity index (χ2v) is 7.26. The second-order valence-electron chi connectivity index (χ2n) is 4.48. The minimum atomic E-state index is -3.59. The molecular weight excluding hydrogens is 280 g/mol. The van der Waals surface area contributed by atoms with Crippen LogP contribution in [0.3, 0.4) is 0 Å². The Hall–Kier alpha value is -1.58. The number of fused-ring (bicyclic) bond motifs is 2. The Kier molecular flexibility index (Phi) is 2.96. The van der Waals surface area contributed by atoms with Crippen molar-refractivity contribution in [3.05, 3.63) is 60.2 Å². The summed E-state index contributed by atoms with van der Waals surface area (Å²) in [6.45, 7) is 0. The van der Waals surface area contributed by atoms with E-state index in [4.69, 9.17) is 10.7 Å². The second kappa shape index (κ2) is 4.51. The van der Waals surface area contributed by atoms with Gasteiger partial charge in [-0.2, -0.15) is 0 Å². The van der Waals surface area contributed by atoms with Gasteiger partial charge in [0.2, 0.25) is 9.05 Å². The molecule has 0 heterocycles. The summed E-state index contributed by atoms with van der Waals surface area (Å²) in [4.78, 5) is 0. The van der Waals surface area contributed by atoms with Gasteiger partial charge in [-0.15, -0.1) is 0 Å². The van der Waals surface area contributed by atoms with E-state index < -0.39 is 9.05 Å². The van der Waals surface area contributed by atoms with Crippen LogP contribution < -0.4 is 0 Å². The van der Waals surface area contributed by atoms with Gasteiger partial charge in [0.25, 0.3) is 0 Å². The van der Waals surface area contributed by atoms with Crippen LogP contribution in [0.15, 0.2) is 54.6 Å². The van der Waals surface area contributed by atoms with Gasteiger partial charge in [-0.1, -0.05) is 48.5 Å². The molecule has 3 rings (SSSR count). The maximum atomic E-state index is 11.5. The highest BCUT2D eigenvalue weighted by Crippen LogP contribution is 2.30. The molecule has 0 fully saturated rings. The molecule has 0 aliphatic rings. The van der Waals surface area contributed by atoms with E-state index in [1.54, 1.807) is 0 Å². The first-order valence-electron chi connectivity index (χ1n) is 5.86. The largest absolute Gasteiger partial charge is 0.236 e. The normalized spacial score (nSPS) is 12.1. The Morgan fingerprint density at radius 3 is 1.79 bits per heavy atom. The van der Waals surface area contributed by atoms with Crippen molar-refractivity contribution >= 4 is 41.3 Å². The van der Waals surface area contributed by atoms with Crippen LogP contribution in [0, 0.1) is 0 Å². The SMILES string of the molecule is O=S(=O)(Cl)Cc1c2ccccc2cc2ccccc12. The first-order chi connectivity index (χ1) is 9.04. The first-order valence-corrected chi connectivity index (χ1v) is 8.34. The van der Waals surface area contributed by atoms with E-state index in [2.05, 4.69) is 6.07 Å². The molecule has 19 heavy (non-hydrogen) atoms. The quantitative estimate of drug-likeness (QED) is 0.527. The van der Waals surface area contributed by atoms with E-state index in [0.717, 1.165) is 27.1 Å². The molecule has 0 atom stereocenters. The molecule has 0 aliphatic carbocycles. The molecule has 3 aromatic carbocycles. The van der Waals surface area contributed by atoms with Crippen molar-refractivity contribution in [2.24, 2.45) is 0 Å². The molecule has 0 bridgehead atoms. The minimum Gasteiger partial charge on any atom is -0.212 e. The van der Waals surface area contributed by atoms with Gasteiger partial charge < -0.3 is 0 Å². The molecule has 2 nitrogen and oxygen atoms in total. The summed E-state index contributed by atoms with van der Waals surface area (Å²) in [6.07, 6.45) is 0. The Labute approximate surface area is 116 Å². The fraction of sp³-hybridized carbons (Fsp3) is 0.0667. The van der Waals surface area contributed by atoms with Crippen LogP contribution in [0.5, 0.6) is 0 Å². The average molecular weight is 291 g/mol. The molecular formula is C15H11ClO2S. The molecule has 0 spiro atoms. The molecule has 0 aliphatic heterocycles. The summed E-state index contributed by atoms with van der Waals surface area (Å²) in [5, 5.41) is 3.92. The first kappa shape index (κ1) is 12.5. The van der Waals surface area contributed by atoms with Gasteiger partial charge in [-0.05, 0) is 33.2 Å². The average Bonchev–Trinajstić information content (AvgIpc) is 2.37. The van der Waals surface area contributed by atoms with E-state index in [1.165, 1.54) is 0 Å². The third kappa shape index (κ3) is 2.44. The molecule has 0 radical (unpaired) electrons. The highest BCUT2D eigenvalue weighted by molar-refractivity contribution is 8.13. The predicted octanol–water partition coefficient (Wildman–Crippen LogP) is 4.06. The third-order valence-electron chi connectivity index (χ3n) is 3.20. The lowest BCUT2D eigenvalue weighted by molar-refractivity contribution is 0.609. The number of hydrogen-bond acceptors (Lipinski definition) is 2. The van der Waals surface area contributed by atoms with Crippen molar-refractivity contribution in [2.45, 2.75) is 5.75 Å². The lowest BCUT2D eigenvalue weighted by atomic mass is 9.98. The smallest absolute Gasteiger partial charge is 0.212 e. The van der Waals surface area contributed by atoms with Crippen LogP contribution in [-0.2, 0) is 14.8 Å². The molecule has 3 aromatic rings. The lowest BCUT2D eigenvalue weighted by Gasteiger charge is -2.10. The molecule has 0 saturated carbocycles. The number of halogens is 1. The molecule has 0 saturated heterocycles. The summed E-state index contributed by atoms with van der Waals surface area (Å²) in [6, 6.07) is 17.6. The topological polar surface area (TPSA) is 34.1 Å². The van der Waals surface area contributed by atoms with Gasteiger partial charge in [0.15, 0.2) is 0 Å². The van der Waals surface area contributed by atoms with E-state index >= 15 is 0 Å². The summed E-state index contributed by atoms with van der Waals surface area (Å²) in [5.41, 5.74) is 0.767. The van der Waals surface area contributed by atoms with Crippen molar-refractivity contribution < 1.29 is 8.42 Å². The van der Waals surface area contributed by atoms with Crippen LogP contribution >= 0.6 is 10.7 Å². The number of benzene rings is 3. The monoisotopic (exact) mass is 290 g/mol. The predicted molar refractivity (Wildman–Crippen MR) is 79.9 cm³/mol. The standard InChI is InChI=1S/C15H11ClO2S/c16-19(17,18)10-15-13-7-3-1-5-11(13)9-12-6-2-4-8-14(12)15/h1-9H,10H2. The maximum absolute atomic E-state index is 11.5. The Balaban J connectivity index is 2.46. The summed E-state index contributed by atoms with van der Waals surface area (Å²) in [5.74, 6) is -0.156. The molecule has 0 N–H and O–H groups in total. The van der Waals surface area contributed by atoms with Gasteiger partial charge in [-0.3, -0.25) is 0 Å². The van der Waals surface area contributed by atoms with Crippen molar-refractivity contribution in [2.75, 3.05) is 0 Å². The van der Waals surface area contributed by atoms with Crippen LogP contribution in [0.2, 0.25) is 0 Å². The van der Waals surface area contributed by atoms with Gasteiger partial charge in [-0.25, -0.2) is 8.42 Å². The highest BCUT2D eigenvalue weighted by atomic mass is 35.7. The molecule has 0 amide bonds. The van der Waals surface area contributed by atoms with Crippen molar-refractivity contribution in [3.63, 3.8) is 0 Å². The third-order valence-corrected chi connectivity index (χ3v) is 4.16. The highest BCUT2D eigenvalue weighted by Gasteiger charge is 2.13. The Bertz CT molecular complexity index is 816. The zero-order chi connectivity index (χ0) is 13.5. The fourth-order valence-electron chi connectivity index (χ4n) is 2.44. The summed E-state index contributed by atoms with van der Waals surface area (Å²) < 4.78 is 22.9. The van der Waals surface area contributed by atoms with Gasteiger partial charge in [0, 0.05) is 10.7 Å². The molecule has 4 heteroatoms. The summed E-state index contributed by atoms with van der Waals surface area (Å²) in [7, 11) is 1.85. The fourth-order valence-corrected chi connectivity index (χ4v) is 3.42. The summed E-state index contributed by atoms with van der Waals surface area (Å²) >= 11 is 0. The minimum absolute atomic E-state index is 0.156. The van der Waals surface area contributed by atoms with Crippen molar-refractivity contribution in [3.8, 4) is 0 Å². The molecule has 96 valence electrons. The van der Waals surface area contributed by atoms with E-state index in [0.29, 0.717) is 0 Å². The number of hydrogen-bond donors (Lipinski definition) is 0. The zero-order valence-corrected chi connectivity index (χ0v) is 11.6. The Morgan fingerprint density at radius 2 is 1.32 bits per heavy atom. The van der Waals surface area contributed by atoms with Crippen LogP contribution in [0.25, 0.3) is 21.5 Å². The maximum Gasteiger partial charge on any atom is 0.236 e. The zero-order valence-electron chi connectivity index (χ0n) is 10.0. The van der Waals surface area contributed by atoms with E-state index in [1.807, 2.05) is 48.5 Å². The number of rotatable bonds is 2.